The molecule has 0 heterocycles. The molecule has 0 fully saturated rings. The number of nitrogens with two attached hydrogens (primary N) is 1. The highest BCUT2D eigenvalue weighted by Crippen LogP contribution is 2.28. The maximum atomic E-state index is 12.6. The van der Waals surface area contributed by atoms with E-state index >= 15 is 0 Å². The smallest absolute Gasteiger partial charge is 0.243 e. The molecule has 0 radical (unpaired) electrons. The fourth-order valence-electron chi connectivity index (χ4n) is 1.74. The zero-order valence-corrected chi connectivity index (χ0v) is 13.0. The largest absolute Gasteiger partial charge is 0.398 e. The molecule has 20 heavy (non-hydrogen) atoms. The fourth-order valence-corrected chi connectivity index (χ4v) is 3.73. The monoisotopic (exact) mass is 322 g/mol. The van der Waals surface area contributed by atoms with Gasteiger partial charge in [0.2, 0.25) is 10.0 Å². The number of aliphatic hydroxyl groups is 1. The second kappa shape index (κ2) is 7.24. The van der Waals surface area contributed by atoms with E-state index in [1.54, 1.807) is 6.92 Å². The molecular formula is C12H19ClN2O4S. The lowest BCUT2D eigenvalue weighted by Crippen LogP contribution is -2.36. The van der Waals surface area contributed by atoms with Crippen LogP contribution in [-0.4, -0.2) is 51.2 Å². The second-order valence-corrected chi connectivity index (χ2v) is 6.58. The van der Waals surface area contributed by atoms with Crippen molar-refractivity contribution in [3.63, 3.8) is 0 Å². The summed E-state index contributed by atoms with van der Waals surface area (Å²) in [6, 6.07) is 2.86. The number of benzene rings is 1. The first-order valence-corrected chi connectivity index (χ1v) is 7.82. The minimum atomic E-state index is -3.78. The maximum absolute atomic E-state index is 12.6. The Balaban J connectivity index is 3.25. The molecule has 0 bridgehead atoms. The van der Waals surface area contributed by atoms with Gasteiger partial charge in [0.1, 0.15) is 0 Å². The number of nitrogen functional groups attached to an aromatic ring is 1. The van der Waals surface area contributed by atoms with Crippen LogP contribution in [0.5, 0.6) is 0 Å². The molecule has 0 aliphatic rings. The molecule has 6 nitrogen and oxygen atoms in total. The summed E-state index contributed by atoms with van der Waals surface area (Å²) in [5.74, 6) is 0. The van der Waals surface area contributed by atoms with E-state index in [2.05, 4.69) is 0 Å². The van der Waals surface area contributed by atoms with Crippen molar-refractivity contribution in [2.24, 2.45) is 0 Å². The Kier molecular flexibility index (Phi) is 6.22. The average Bonchev–Trinajstić information content (AvgIpc) is 2.38. The number of aliphatic hydroxyl groups excluding tert-OH is 1. The van der Waals surface area contributed by atoms with Crippen molar-refractivity contribution < 1.29 is 18.3 Å². The first kappa shape index (κ1) is 17.2. The third-order valence-corrected chi connectivity index (χ3v) is 5.12. The van der Waals surface area contributed by atoms with Crippen LogP contribution in [0.4, 0.5) is 5.69 Å². The fraction of sp³-hybridized carbons (Fsp3) is 0.500. The molecule has 0 saturated heterocycles. The number of hydrogen-bond donors (Lipinski definition) is 2. The SMILES string of the molecule is COCCN(CCO)S(=O)(=O)c1cc(Cl)cc(N)c1C. The van der Waals surface area contributed by atoms with E-state index in [1.807, 2.05) is 0 Å². The van der Waals surface area contributed by atoms with E-state index in [-0.39, 0.29) is 36.2 Å². The van der Waals surface area contributed by atoms with Crippen LogP contribution in [0.3, 0.4) is 0 Å². The van der Waals surface area contributed by atoms with Crippen molar-refractivity contribution in [1.82, 2.24) is 4.31 Å². The van der Waals surface area contributed by atoms with E-state index in [1.165, 1.54) is 19.2 Å². The van der Waals surface area contributed by atoms with E-state index in [0.29, 0.717) is 11.3 Å². The van der Waals surface area contributed by atoms with Gasteiger partial charge in [0.05, 0.1) is 18.1 Å². The number of nitrogens with zero attached hydrogens (tertiary/aromatic N) is 1. The van der Waals surface area contributed by atoms with E-state index < -0.39 is 10.0 Å². The quantitative estimate of drug-likeness (QED) is 0.726. The molecule has 1 aromatic carbocycles. The van der Waals surface area contributed by atoms with Gasteiger partial charge in [-0.05, 0) is 24.6 Å². The van der Waals surface area contributed by atoms with Gasteiger partial charge in [-0.1, -0.05) is 11.6 Å². The Morgan fingerprint density at radius 3 is 2.60 bits per heavy atom. The van der Waals surface area contributed by atoms with Gasteiger partial charge in [0, 0.05) is 30.9 Å². The number of halogens is 1. The standard InChI is InChI=1S/C12H19ClN2O4S/c1-9-11(14)7-10(13)8-12(9)20(17,18)15(3-5-16)4-6-19-2/h7-8,16H,3-6,14H2,1-2H3. The first-order valence-electron chi connectivity index (χ1n) is 6.00. The molecule has 0 unspecified atom stereocenters. The van der Waals surface area contributed by atoms with Gasteiger partial charge < -0.3 is 15.6 Å². The van der Waals surface area contributed by atoms with Gasteiger partial charge in [0.25, 0.3) is 0 Å². The molecule has 0 amide bonds. The number of rotatable bonds is 7. The van der Waals surface area contributed by atoms with Crippen LogP contribution in [0.2, 0.25) is 5.02 Å². The Morgan fingerprint density at radius 2 is 2.05 bits per heavy atom. The molecule has 114 valence electrons. The highest BCUT2D eigenvalue weighted by Gasteiger charge is 2.26. The third kappa shape index (κ3) is 3.83. The van der Waals surface area contributed by atoms with Crippen LogP contribution in [0.15, 0.2) is 17.0 Å². The van der Waals surface area contributed by atoms with Gasteiger partial charge in [0.15, 0.2) is 0 Å². The van der Waals surface area contributed by atoms with Crippen molar-refractivity contribution in [3.05, 3.63) is 22.7 Å². The summed E-state index contributed by atoms with van der Waals surface area (Å²) in [5, 5.41) is 9.28. The van der Waals surface area contributed by atoms with Gasteiger partial charge in [-0.2, -0.15) is 4.31 Å². The first-order chi connectivity index (χ1) is 9.34. The second-order valence-electron chi connectivity index (χ2n) is 4.24. The van der Waals surface area contributed by atoms with Crippen LogP contribution >= 0.6 is 11.6 Å². The zero-order valence-electron chi connectivity index (χ0n) is 11.5. The van der Waals surface area contributed by atoms with Gasteiger partial charge >= 0.3 is 0 Å². The Bertz CT molecular complexity index is 563. The summed E-state index contributed by atoms with van der Waals surface area (Å²) in [7, 11) is -2.30. The van der Waals surface area contributed by atoms with Crippen molar-refractivity contribution in [2.45, 2.75) is 11.8 Å². The van der Waals surface area contributed by atoms with Crippen molar-refractivity contribution in [2.75, 3.05) is 39.1 Å². The van der Waals surface area contributed by atoms with Crippen LogP contribution in [0.25, 0.3) is 0 Å². The molecule has 0 aliphatic heterocycles. The normalized spacial score (nSPS) is 12.1. The summed E-state index contributed by atoms with van der Waals surface area (Å²) < 4.78 is 31.2. The number of anilines is 1. The summed E-state index contributed by atoms with van der Waals surface area (Å²) >= 11 is 5.88. The van der Waals surface area contributed by atoms with Crippen molar-refractivity contribution in [1.29, 1.82) is 0 Å². The topological polar surface area (TPSA) is 92.9 Å². The van der Waals surface area contributed by atoms with E-state index in [0.717, 1.165) is 4.31 Å². The molecule has 0 spiro atoms. The van der Waals surface area contributed by atoms with E-state index in [4.69, 9.17) is 27.2 Å². The summed E-state index contributed by atoms with van der Waals surface area (Å²) in [4.78, 5) is 0.0482. The molecule has 1 aromatic rings. The van der Waals surface area contributed by atoms with E-state index in [9.17, 15) is 8.42 Å². The highest BCUT2D eigenvalue weighted by atomic mass is 35.5. The van der Waals surface area contributed by atoms with Crippen LogP contribution in [0, 0.1) is 6.92 Å². The number of hydrogen-bond acceptors (Lipinski definition) is 5. The molecule has 3 N–H and O–H groups in total. The molecule has 8 heteroatoms. The van der Waals surface area contributed by atoms with Gasteiger partial charge in [-0.3, -0.25) is 0 Å². The minimum absolute atomic E-state index is 0.0163. The Morgan fingerprint density at radius 1 is 1.40 bits per heavy atom. The predicted octanol–water partition coefficient (Wildman–Crippen LogP) is 0.860. The molecule has 0 aromatic heterocycles. The maximum Gasteiger partial charge on any atom is 0.243 e. The van der Waals surface area contributed by atoms with Gasteiger partial charge in [-0.25, -0.2) is 8.42 Å². The average molecular weight is 323 g/mol. The lowest BCUT2D eigenvalue weighted by molar-refractivity contribution is 0.168. The number of sulfonamides is 1. The van der Waals surface area contributed by atoms with Crippen molar-refractivity contribution in [3.8, 4) is 0 Å². The number of ether oxygens (including phenoxy) is 1. The van der Waals surface area contributed by atoms with Crippen LogP contribution in [0.1, 0.15) is 5.56 Å². The summed E-state index contributed by atoms with van der Waals surface area (Å²) in [6.45, 7) is 1.70. The molecule has 0 saturated carbocycles. The highest BCUT2D eigenvalue weighted by molar-refractivity contribution is 7.89. The lowest BCUT2D eigenvalue weighted by Gasteiger charge is -2.22. The Labute approximate surface area is 124 Å². The van der Waals surface area contributed by atoms with Crippen LogP contribution < -0.4 is 5.73 Å². The minimum Gasteiger partial charge on any atom is -0.398 e. The molecular weight excluding hydrogens is 304 g/mol. The predicted molar refractivity (Wildman–Crippen MR) is 78.3 cm³/mol. The lowest BCUT2D eigenvalue weighted by atomic mass is 10.2. The summed E-state index contributed by atoms with van der Waals surface area (Å²) in [5.41, 5.74) is 6.50. The third-order valence-electron chi connectivity index (χ3n) is 2.88. The molecule has 0 atom stereocenters. The van der Waals surface area contributed by atoms with Crippen LogP contribution in [-0.2, 0) is 14.8 Å². The molecule has 0 aliphatic carbocycles. The van der Waals surface area contributed by atoms with Crippen molar-refractivity contribution >= 4 is 27.3 Å². The Hall–Kier alpha value is -0.860. The summed E-state index contributed by atoms with van der Waals surface area (Å²) in [6.07, 6.45) is 0. The zero-order chi connectivity index (χ0) is 15.3. The van der Waals surface area contributed by atoms with Gasteiger partial charge in [-0.15, -0.1) is 0 Å². The molecule has 1 rings (SSSR count). The number of methoxy groups -OCH3 is 1.